The highest BCUT2D eigenvalue weighted by atomic mass is 35.5. The van der Waals surface area contributed by atoms with Crippen molar-refractivity contribution in [1.29, 1.82) is 0 Å². The largest absolute Gasteiger partial charge is 0.452 e. The van der Waals surface area contributed by atoms with Crippen molar-refractivity contribution in [1.82, 2.24) is 4.98 Å². The Morgan fingerprint density at radius 1 is 1.06 bits per heavy atom. The lowest BCUT2D eigenvalue weighted by atomic mass is 10.1. The molecule has 9 heteroatoms. The molecule has 0 fully saturated rings. The van der Waals surface area contributed by atoms with Crippen LogP contribution < -0.4 is 15.5 Å². The van der Waals surface area contributed by atoms with E-state index in [0.29, 0.717) is 33.9 Å². The Kier molecular flexibility index (Phi) is 9.82. The summed E-state index contributed by atoms with van der Waals surface area (Å²) >= 11 is 6.42. The first-order chi connectivity index (χ1) is 16.2. The number of hydrogen-bond acceptors (Lipinski definition) is 5. The van der Waals surface area contributed by atoms with Crippen LogP contribution in [0.5, 0.6) is 11.5 Å². The summed E-state index contributed by atoms with van der Waals surface area (Å²) in [5, 5.41) is 13.6. The van der Waals surface area contributed by atoms with E-state index in [1.807, 2.05) is 39.2 Å². The molecular weight excluding hydrogens is 467 g/mol. The second-order valence-electron chi connectivity index (χ2n) is 7.60. The van der Waals surface area contributed by atoms with Crippen LogP contribution in [0.3, 0.4) is 0 Å². The molecule has 1 heterocycles. The molecule has 0 radical (unpaired) electrons. The van der Waals surface area contributed by atoms with E-state index in [-0.39, 0.29) is 17.1 Å². The number of rotatable bonds is 8. The fourth-order valence-electron chi connectivity index (χ4n) is 3.43. The number of nitrogens with one attached hydrogen (secondary N) is 2. The van der Waals surface area contributed by atoms with Crippen LogP contribution in [0.1, 0.15) is 56.9 Å². The second kappa shape index (κ2) is 12.1. The van der Waals surface area contributed by atoms with Crippen molar-refractivity contribution in [3.05, 3.63) is 52.2 Å². The van der Waals surface area contributed by atoms with Gasteiger partial charge in [0, 0.05) is 18.3 Å². The molecule has 3 aromatic rings. The number of halogens is 4. The molecule has 2 aromatic carbocycles. The van der Waals surface area contributed by atoms with Crippen molar-refractivity contribution in [2.24, 2.45) is 0 Å². The topological polar surface area (TPSA) is 66.4 Å². The average Bonchev–Trinajstić information content (AvgIpc) is 2.80. The standard InChI is InChI=1S/C23H25ClF3N3O2.C2H6/c1-4-5-6-9-28-17-11-15(23(25,26)27)12-18(30-31)22(17)32-19-10-14(3)29-21-13(2)7-8-16(24)20(19)21;1-2/h7-8,10-12,28,30-31H,4-6,9H2,1-3H3;1-2H3. The van der Waals surface area contributed by atoms with Crippen molar-refractivity contribution >= 4 is 33.9 Å². The van der Waals surface area contributed by atoms with E-state index in [2.05, 4.69) is 10.3 Å². The lowest BCUT2D eigenvalue weighted by molar-refractivity contribution is -0.137. The average molecular weight is 498 g/mol. The number of alkyl halides is 3. The first-order valence-electron chi connectivity index (χ1n) is 11.3. The van der Waals surface area contributed by atoms with Crippen LogP contribution in [0.15, 0.2) is 30.3 Å². The number of aryl methyl sites for hydroxylation is 2. The van der Waals surface area contributed by atoms with Gasteiger partial charge in [-0.05, 0) is 44.0 Å². The summed E-state index contributed by atoms with van der Waals surface area (Å²) in [7, 11) is 0. The zero-order valence-corrected chi connectivity index (χ0v) is 20.8. The quantitative estimate of drug-likeness (QED) is 0.214. The lowest BCUT2D eigenvalue weighted by Crippen LogP contribution is -2.10. The van der Waals surface area contributed by atoms with Crippen LogP contribution in [0.2, 0.25) is 5.02 Å². The van der Waals surface area contributed by atoms with Crippen LogP contribution in [0.25, 0.3) is 10.9 Å². The summed E-state index contributed by atoms with van der Waals surface area (Å²) in [6.07, 6.45) is -1.92. The fourth-order valence-corrected chi connectivity index (χ4v) is 3.67. The molecule has 0 bridgehead atoms. The van der Waals surface area contributed by atoms with Crippen molar-refractivity contribution in [3.63, 3.8) is 0 Å². The SMILES string of the molecule is CC.CCCCCNc1cc(C(F)(F)F)cc(NO)c1Oc1cc(C)nc2c(C)ccc(Cl)c12. The van der Waals surface area contributed by atoms with Gasteiger partial charge < -0.3 is 10.1 Å². The molecule has 3 rings (SSSR count). The van der Waals surface area contributed by atoms with Crippen molar-refractivity contribution < 1.29 is 23.1 Å². The van der Waals surface area contributed by atoms with Crippen LogP contribution in [-0.2, 0) is 6.18 Å². The van der Waals surface area contributed by atoms with E-state index in [1.54, 1.807) is 19.1 Å². The van der Waals surface area contributed by atoms with Gasteiger partial charge >= 0.3 is 6.18 Å². The van der Waals surface area contributed by atoms with Crippen LogP contribution in [0, 0.1) is 13.8 Å². The molecule has 0 spiro atoms. The van der Waals surface area contributed by atoms with Crippen molar-refractivity contribution in [2.75, 3.05) is 17.3 Å². The van der Waals surface area contributed by atoms with Gasteiger partial charge in [-0.25, -0.2) is 0 Å². The number of fused-ring (bicyclic) bond motifs is 1. The maximum absolute atomic E-state index is 13.4. The number of nitrogens with zero attached hydrogens (tertiary/aromatic N) is 1. The van der Waals surface area contributed by atoms with Crippen LogP contribution in [0.4, 0.5) is 24.5 Å². The number of benzene rings is 2. The number of pyridine rings is 1. The van der Waals surface area contributed by atoms with Gasteiger partial charge in [0.1, 0.15) is 11.4 Å². The molecule has 0 saturated heterocycles. The molecule has 0 aliphatic heterocycles. The molecule has 0 unspecified atom stereocenters. The van der Waals surface area contributed by atoms with Crippen molar-refractivity contribution in [3.8, 4) is 11.5 Å². The van der Waals surface area contributed by atoms with Gasteiger partial charge in [0.15, 0.2) is 5.75 Å². The normalized spacial score (nSPS) is 11.1. The molecule has 0 aliphatic rings. The molecule has 3 N–H and O–H groups in total. The Morgan fingerprint density at radius 3 is 2.35 bits per heavy atom. The Bertz CT molecular complexity index is 1120. The summed E-state index contributed by atoms with van der Waals surface area (Å²) in [5.74, 6) is 0.357. The van der Waals surface area contributed by atoms with Crippen LogP contribution >= 0.6 is 11.6 Å². The lowest BCUT2D eigenvalue weighted by Gasteiger charge is -2.20. The summed E-state index contributed by atoms with van der Waals surface area (Å²) in [6, 6.07) is 6.99. The van der Waals surface area contributed by atoms with Gasteiger partial charge in [0.2, 0.25) is 0 Å². The minimum atomic E-state index is -4.59. The predicted octanol–water partition coefficient (Wildman–Crippen LogP) is 8.75. The molecule has 5 nitrogen and oxygen atoms in total. The molecule has 0 atom stereocenters. The molecule has 0 aliphatic carbocycles. The van der Waals surface area contributed by atoms with Gasteiger partial charge in [-0.3, -0.25) is 15.7 Å². The maximum atomic E-state index is 13.4. The summed E-state index contributed by atoms with van der Waals surface area (Å²) in [6.45, 7) is 10.2. The molecule has 0 amide bonds. The van der Waals surface area contributed by atoms with E-state index in [4.69, 9.17) is 16.3 Å². The van der Waals surface area contributed by atoms with Gasteiger partial charge in [-0.1, -0.05) is 51.3 Å². The number of unbranched alkanes of at least 4 members (excludes halogenated alkanes) is 2. The maximum Gasteiger partial charge on any atom is 0.416 e. The number of hydrogen-bond donors (Lipinski definition) is 3. The number of anilines is 2. The minimum absolute atomic E-state index is 0.0291. The molecule has 1 aromatic heterocycles. The Labute approximate surface area is 203 Å². The van der Waals surface area contributed by atoms with E-state index in [0.717, 1.165) is 37.0 Å². The first-order valence-corrected chi connectivity index (χ1v) is 11.7. The van der Waals surface area contributed by atoms with E-state index < -0.39 is 11.7 Å². The van der Waals surface area contributed by atoms with Gasteiger partial charge in [-0.15, -0.1) is 0 Å². The summed E-state index contributed by atoms with van der Waals surface area (Å²) < 4.78 is 46.4. The molecule has 186 valence electrons. The van der Waals surface area contributed by atoms with Crippen molar-refractivity contribution in [2.45, 2.75) is 60.1 Å². The van der Waals surface area contributed by atoms with E-state index in [1.165, 1.54) is 0 Å². The third-order valence-electron chi connectivity index (χ3n) is 5.05. The van der Waals surface area contributed by atoms with Gasteiger partial charge in [-0.2, -0.15) is 13.2 Å². The number of ether oxygens (including phenoxy) is 1. The van der Waals surface area contributed by atoms with E-state index in [9.17, 15) is 18.4 Å². The summed E-state index contributed by atoms with van der Waals surface area (Å²) in [5.41, 5.74) is 2.99. The first kappa shape index (κ1) is 27.5. The summed E-state index contributed by atoms with van der Waals surface area (Å²) in [4.78, 5) is 4.53. The van der Waals surface area contributed by atoms with E-state index >= 15 is 0 Å². The highest BCUT2D eigenvalue weighted by molar-refractivity contribution is 6.36. The molecular formula is C25H31ClF3N3O2. The third-order valence-corrected chi connectivity index (χ3v) is 5.36. The minimum Gasteiger partial charge on any atom is -0.452 e. The highest BCUT2D eigenvalue weighted by Gasteiger charge is 2.33. The van der Waals surface area contributed by atoms with Crippen LogP contribution in [-0.4, -0.2) is 16.7 Å². The second-order valence-corrected chi connectivity index (χ2v) is 8.00. The molecule has 34 heavy (non-hydrogen) atoms. The smallest absolute Gasteiger partial charge is 0.416 e. The monoisotopic (exact) mass is 497 g/mol. The fraction of sp³-hybridized carbons (Fsp3) is 0.400. The predicted molar refractivity (Wildman–Crippen MR) is 133 cm³/mol. The molecule has 0 saturated carbocycles. The van der Waals surface area contributed by atoms with Gasteiger partial charge in [0.05, 0.1) is 27.2 Å². The van der Waals surface area contributed by atoms with Gasteiger partial charge in [0.25, 0.3) is 0 Å². The Hall–Kier alpha value is -2.71. The zero-order chi connectivity index (χ0) is 25.5. The highest BCUT2D eigenvalue weighted by Crippen LogP contribution is 2.45. The number of aromatic nitrogens is 1. The Balaban J connectivity index is 0.00000199. The third kappa shape index (κ3) is 6.45. The Morgan fingerprint density at radius 2 is 1.74 bits per heavy atom. The zero-order valence-electron chi connectivity index (χ0n) is 20.0.